The molecule has 6 nitrogen and oxygen atoms in total. The first-order chi connectivity index (χ1) is 14.9. The third-order valence-corrected chi connectivity index (χ3v) is 7.10. The summed E-state index contributed by atoms with van der Waals surface area (Å²) in [5, 5.41) is 0.478. The summed E-state index contributed by atoms with van der Waals surface area (Å²) in [5.41, 5.74) is 0.971. The van der Waals surface area contributed by atoms with E-state index in [9.17, 15) is 12.8 Å². The fraction of sp³-hybridized carbons (Fsp3) is 0.273. The van der Waals surface area contributed by atoms with Crippen molar-refractivity contribution in [3.8, 4) is 0 Å². The van der Waals surface area contributed by atoms with E-state index in [1.54, 1.807) is 36.6 Å². The Morgan fingerprint density at radius 1 is 1.00 bits per heavy atom. The second-order valence-corrected chi connectivity index (χ2v) is 9.54. The third kappa shape index (κ3) is 5.27. The van der Waals surface area contributed by atoms with Gasteiger partial charge in [-0.3, -0.25) is 4.90 Å². The van der Waals surface area contributed by atoms with Crippen molar-refractivity contribution in [3.05, 3.63) is 83.5 Å². The summed E-state index contributed by atoms with van der Waals surface area (Å²) in [4.78, 5) is 4.55. The van der Waals surface area contributed by atoms with E-state index < -0.39 is 10.0 Å². The summed E-state index contributed by atoms with van der Waals surface area (Å²) in [6.45, 7) is 3.09. The molecule has 0 amide bonds. The maximum Gasteiger partial charge on any atom is 0.240 e. The molecule has 164 valence electrons. The van der Waals surface area contributed by atoms with E-state index in [0.29, 0.717) is 23.9 Å². The number of rotatable bonds is 7. The van der Waals surface area contributed by atoms with Crippen LogP contribution in [0, 0.1) is 5.82 Å². The Bertz CT molecular complexity index is 1080. The topological polar surface area (TPSA) is 65.8 Å². The lowest BCUT2D eigenvalue weighted by Gasteiger charge is -2.39. The molecule has 2 aromatic carbocycles. The summed E-state index contributed by atoms with van der Waals surface area (Å²) in [6.07, 6.45) is 1.59. The molecule has 0 radical (unpaired) electrons. The molecular formula is C22H23ClFN3O3S. The van der Waals surface area contributed by atoms with E-state index in [2.05, 4.69) is 14.5 Å². The smallest absolute Gasteiger partial charge is 0.240 e. The number of hydrogen-bond acceptors (Lipinski definition) is 5. The predicted octanol–water partition coefficient (Wildman–Crippen LogP) is 3.91. The minimum Gasteiger partial charge on any atom is -0.468 e. The zero-order chi connectivity index (χ0) is 21.8. The highest BCUT2D eigenvalue weighted by molar-refractivity contribution is 7.89. The monoisotopic (exact) mass is 463 g/mol. The van der Waals surface area contributed by atoms with Gasteiger partial charge in [-0.2, -0.15) is 0 Å². The predicted molar refractivity (Wildman–Crippen MR) is 118 cm³/mol. The SMILES string of the molecule is O=S(=O)(NCC(c1ccco1)N1CCN(c2ccc(F)cc2)CC1)c1ccc(Cl)cc1. The lowest BCUT2D eigenvalue weighted by atomic mass is 10.1. The van der Waals surface area contributed by atoms with E-state index in [1.165, 1.54) is 24.3 Å². The molecule has 3 aromatic rings. The first-order valence-electron chi connectivity index (χ1n) is 9.95. The summed E-state index contributed by atoms with van der Waals surface area (Å²) in [7, 11) is -3.68. The molecule has 2 heterocycles. The highest BCUT2D eigenvalue weighted by atomic mass is 35.5. The van der Waals surface area contributed by atoms with Crippen LogP contribution in [-0.2, 0) is 10.0 Å². The molecule has 1 atom stereocenters. The third-order valence-electron chi connectivity index (χ3n) is 5.41. The van der Waals surface area contributed by atoms with Crippen molar-refractivity contribution in [1.29, 1.82) is 0 Å². The van der Waals surface area contributed by atoms with Crippen LogP contribution in [0.3, 0.4) is 0 Å². The van der Waals surface area contributed by atoms with Crippen LogP contribution in [0.5, 0.6) is 0 Å². The quantitative estimate of drug-likeness (QED) is 0.575. The van der Waals surface area contributed by atoms with Crippen LogP contribution in [-0.4, -0.2) is 46.0 Å². The van der Waals surface area contributed by atoms with Crippen molar-refractivity contribution in [2.45, 2.75) is 10.9 Å². The zero-order valence-electron chi connectivity index (χ0n) is 16.7. The van der Waals surface area contributed by atoms with E-state index in [0.717, 1.165) is 18.8 Å². The van der Waals surface area contributed by atoms with Crippen LogP contribution >= 0.6 is 11.6 Å². The van der Waals surface area contributed by atoms with E-state index in [1.807, 2.05) is 6.07 Å². The molecule has 0 bridgehead atoms. The van der Waals surface area contributed by atoms with Crippen molar-refractivity contribution < 1.29 is 17.2 Å². The number of furan rings is 1. The highest BCUT2D eigenvalue weighted by Crippen LogP contribution is 2.25. The van der Waals surface area contributed by atoms with E-state index in [4.69, 9.17) is 16.0 Å². The number of benzene rings is 2. The normalized spacial score (nSPS) is 16.4. The number of nitrogens with one attached hydrogen (secondary N) is 1. The Morgan fingerprint density at radius 3 is 2.29 bits per heavy atom. The van der Waals surface area contributed by atoms with Crippen molar-refractivity contribution >= 4 is 27.3 Å². The minimum absolute atomic E-state index is 0.163. The number of halogens is 2. The Hall–Kier alpha value is -2.39. The maximum atomic E-state index is 13.2. The van der Waals surface area contributed by atoms with Crippen LogP contribution in [0.4, 0.5) is 10.1 Å². The molecule has 1 aliphatic rings. The first kappa shape index (κ1) is 21.8. The number of nitrogens with zero attached hydrogens (tertiary/aromatic N) is 2. The molecule has 31 heavy (non-hydrogen) atoms. The van der Waals surface area contributed by atoms with Crippen LogP contribution in [0.1, 0.15) is 11.8 Å². The lowest BCUT2D eigenvalue weighted by Crippen LogP contribution is -2.49. The van der Waals surface area contributed by atoms with Gasteiger partial charge in [-0.05, 0) is 60.7 Å². The second-order valence-electron chi connectivity index (χ2n) is 7.34. The summed E-state index contributed by atoms with van der Waals surface area (Å²) in [6, 6.07) is 15.9. The fourth-order valence-corrected chi connectivity index (χ4v) is 4.88. The largest absolute Gasteiger partial charge is 0.468 e. The molecule has 1 saturated heterocycles. The molecule has 9 heteroatoms. The van der Waals surface area contributed by atoms with Crippen molar-refractivity contribution in [2.24, 2.45) is 0 Å². The van der Waals surface area contributed by atoms with Gasteiger partial charge >= 0.3 is 0 Å². The highest BCUT2D eigenvalue weighted by Gasteiger charge is 2.28. The van der Waals surface area contributed by atoms with Crippen LogP contribution in [0.25, 0.3) is 0 Å². The van der Waals surface area contributed by atoms with Crippen LogP contribution < -0.4 is 9.62 Å². The van der Waals surface area contributed by atoms with Gasteiger partial charge in [0.15, 0.2) is 0 Å². The Balaban J connectivity index is 1.44. The maximum absolute atomic E-state index is 13.2. The zero-order valence-corrected chi connectivity index (χ0v) is 18.3. The molecule has 4 rings (SSSR count). The molecule has 1 N–H and O–H groups in total. The van der Waals surface area contributed by atoms with Crippen molar-refractivity contribution in [3.63, 3.8) is 0 Å². The standard InChI is InChI=1S/C22H23ClFN3O3S/c23-17-3-9-20(10-4-17)31(28,29)25-16-21(22-2-1-15-30-22)27-13-11-26(12-14-27)19-7-5-18(24)6-8-19/h1-10,15,21,25H,11-14,16H2. The van der Waals surface area contributed by atoms with E-state index in [-0.39, 0.29) is 23.3 Å². The van der Waals surface area contributed by atoms with Gasteiger partial charge < -0.3 is 9.32 Å². The van der Waals surface area contributed by atoms with E-state index >= 15 is 0 Å². The van der Waals surface area contributed by atoms with Gasteiger partial charge in [0.25, 0.3) is 0 Å². The van der Waals surface area contributed by atoms with Crippen molar-refractivity contribution in [1.82, 2.24) is 9.62 Å². The molecule has 1 aliphatic heterocycles. The lowest BCUT2D eigenvalue weighted by molar-refractivity contribution is 0.166. The molecule has 1 fully saturated rings. The summed E-state index contributed by atoms with van der Waals surface area (Å²) < 4.78 is 47.0. The number of anilines is 1. The average Bonchev–Trinajstić information content (AvgIpc) is 3.30. The van der Waals surface area contributed by atoms with Gasteiger partial charge in [0.1, 0.15) is 11.6 Å². The Labute approximate surface area is 186 Å². The van der Waals surface area contributed by atoms with Crippen molar-refractivity contribution in [2.75, 3.05) is 37.6 Å². The fourth-order valence-electron chi connectivity index (χ4n) is 3.72. The Kier molecular flexibility index (Phi) is 6.62. The van der Waals surface area contributed by atoms with Crippen LogP contribution in [0.2, 0.25) is 5.02 Å². The van der Waals surface area contributed by atoms with Gasteiger partial charge in [0.2, 0.25) is 10.0 Å². The molecular weight excluding hydrogens is 441 g/mol. The molecule has 1 unspecified atom stereocenters. The molecule has 0 saturated carbocycles. The Morgan fingerprint density at radius 2 is 1.68 bits per heavy atom. The van der Waals surface area contributed by atoms with Crippen LogP contribution in [0.15, 0.2) is 76.2 Å². The summed E-state index contributed by atoms with van der Waals surface area (Å²) in [5.74, 6) is 0.447. The number of sulfonamides is 1. The van der Waals surface area contributed by atoms with Gasteiger partial charge in [0.05, 0.1) is 17.2 Å². The number of hydrogen-bond donors (Lipinski definition) is 1. The summed E-state index contributed by atoms with van der Waals surface area (Å²) >= 11 is 5.87. The molecule has 1 aromatic heterocycles. The second kappa shape index (κ2) is 9.40. The molecule has 0 aliphatic carbocycles. The minimum atomic E-state index is -3.68. The van der Waals surface area contributed by atoms with Gasteiger partial charge in [0, 0.05) is 43.4 Å². The van der Waals surface area contributed by atoms with Gasteiger partial charge in [-0.1, -0.05) is 11.6 Å². The average molecular weight is 464 g/mol. The van der Waals surface area contributed by atoms with Gasteiger partial charge in [-0.25, -0.2) is 17.5 Å². The van der Waals surface area contributed by atoms with Gasteiger partial charge in [-0.15, -0.1) is 0 Å². The first-order valence-corrected chi connectivity index (χ1v) is 11.8. The number of piperazine rings is 1. The molecule has 0 spiro atoms.